The lowest BCUT2D eigenvalue weighted by Crippen LogP contribution is -2.35. The van der Waals surface area contributed by atoms with Gasteiger partial charge < -0.3 is 24.9 Å². The number of nitrogens with zero attached hydrogens (tertiary/aromatic N) is 7. The number of hydrogen-bond donors (Lipinski definition) is 2. The Bertz CT molecular complexity index is 1760. The molecule has 4 aromatic heterocycles. The summed E-state index contributed by atoms with van der Waals surface area (Å²) in [5.74, 6) is -0.997. The van der Waals surface area contributed by atoms with Gasteiger partial charge >= 0.3 is 6.18 Å². The van der Waals surface area contributed by atoms with E-state index in [2.05, 4.69) is 31.2 Å². The van der Waals surface area contributed by atoms with E-state index in [1.54, 1.807) is 24.4 Å². The van der Waals surface area contributed by atoms with Gasteiger partial charge in [-0.15, -0.1) is 0 Å². The van der Waals surface area contributed by atoms with Crippen molar-refractivity contribution < 1.29 is 32.0 Å². The van der Waals surface area contributed by atoms with E-state index in [1.165, 1.54) is 39.8 Å². The van der Waals surface area contributed by atoms with Crippen molar-refractivity contribution >= 4 is 34.8 Å². The van der Waals surface area contributed by atoms with E-state index >= 15 is 0 Å². The molecule has 3 amide bonds. The number of benzene rings is 1. The standard InChI is InChI=1S/C25H16F3N9O3/c26-25(27,28)16-7-18(31-23(38)20-13-36-11-15(10-29)4-5-21(36)33-20)9-19(8-16)32-24(39)34-22-14-37(35-40-22)12-17-3-1-2-6-30-17/h1-9,11,13-14H,12H2,(H2-,31,32,34,35,38,39). The molecule has 200 valence electrons. The van der Waals surface area contributed by atoms with E-state index in [9.17, 15) is 22.8 Å². The normalized spacial score (nSPS) is 11.2. The molecule has 15 heteroatoms. The van der Waals surface area contributed by atoms with E-state index in [0.29, 0.717) is 29.0 Å². The molecule has 5 rings (SSSR count). The molecular weight excluding hydrogens is 531 g/mol. The number of halogens is 3. The van der Waals surface area contributed by atoms with Crippen molar-refractivity contribution in [3.8, 4) is 6.07 Å². The van der Waals surface area contributed by atoms with Crippen LogP contribution in [0.3, 0.4) is 0 Å². The number of nitriles is 1. The van der Waals surface area contributed by atoms with Crippen molar-refractivity contribution in [3.05, 3.63) is 101 Å². The second-order valence-electron chi connectivity index (χ2n) is 8.27. The van der Waals surface area contributed by atoms with Gasteiger partial charge in [0.1, 0.15) is 23.1 Å². The van der Waals surface area contributed by atoms with Crippen LogP contribution in [0.2, 0.25) is 0 Å². The molecule has 40 heavy (non-hydrogen) atoms. The molecule has 0 atom stereocenters. The summed E-state index contributed by atoms with van der Waals surface area (Å²) >= 11 is 0. The van der Waals surface area contributed by atoms with Crippen molar-refractivity contribution in [2.24, 2.45) is 0 Å². The highest BCUT2D eigenvalue weighted by Gasteiger charge is 2.31. The number of imidazole rings is 1. The predicted octanol–water partition coefficient (Wildman–Crippen LogP) is 4.43. The van der Waals surface area contributed by atoms with Crippen LogP contribution in [0.15, 0.2) is 77.8 Å². The monoisotopic (exact) mass is 547 g/mol. The Balaban J connectivity index is 1.30. The van der Waals surface area contributed by atoms with Gasteiger partial charge in [-0.3, -0.25) is 14.6 Å². The maximum atomic E-state index is 13.6. The van der Waals surface area contributed by atoms with E-state index < -0.39 is 23.7 Å². The molecule has 0 radical (unpaired) electrons. The molecule has 5 aromatic rings. The lowest BCUT2D eigenvalue weighted by atomic mass is 10.1. The number of rotatable bonds is 6. The molecule has 2 N–H and O–H groups in total. The summed E-state index contributed by atoms with van der Waals surface area (Å²) in [5, 5.41) is 21.0. The van der Waals surface area contributed by atoms with Crippen LogP contribution in [0.5, 0.6) is 0 Å². The lowest BCUT2D eigenvalue weighted by molar-refractivity contribution is -0.755. The highest BCUT2D eigenvalue weighted by Crippen LogP contribution is 2.34. The Kier molecular flexibility index (Phi) is 6.81. The van der Waals surface area contributed by atoms with Crippen LogP contribution >= 0.6 is 0 Å². The number of carbonyl (C=O) groups is 2. The number of aromatic nitrogens is 5. The number of urea groups is 1. The van der Waals surface area contributed by atoms with Gasteiger partial charge in [-0.05, 0) is 52.8 Å². The maximum absolute atomic E-state index is 13.6. The third-order valence-corrected chi connectivity index (χ3v) is 5.34. The molecule has 0 saturated heterocycles. The fourth-order valence-electron chi connectivity index (χ4n) is 3.60. The van der Waals surface area contributed by atoms with Crippen molar-refractivity contribution in [1.29, 1.82) is 5.26 Å². The molecule has 0 unspecified atom stereocenters. The average Bonchev–Trinajstić information content (AvgIpc) is 3.54. The third kappa shape index (κ3) is 6.02. The topological polar surface area (TPSA) is 156 Å². The fraction of sp³-hybridized carbons (Fsp3) is 0.0800. The van der Waals surface area contributed by atoms with E-state index in [1.807, 2.05) is 6.07 Å². The van der Waals surface area contributed by atoms with E-state index in [0.717, 1.165) is 6.07 Å². The number of nitrogens with one attached hydrogen (secondary N) is 2. The molecule has 0 aliphatic carbocycles. The van der Waals surface area contributed by atoms with Gasteiger partial charge in [-0.1, -0.05) is 6.07 Å². The zero-order valence-corrected chi connectivity index (χ0v) is 20.1. The van der Waals surface area contributed by atoms with Crippen LogP contribution in [-0.2, 0) is 12.7 Å². The number of hydrogen-bond acceptors (Lipinski definition) is 7. The van der Waals surface area contributed by atoms with Crippen molar-refractivity contribution in [2.75, 3.05) is 10.6 Å². The first-order valence-electron chi connectivity index (χ1n) is 11.4. The molecule has 0 aliphatic heterocycles. The number of amides is 3. The SMILES string of the molecule is N#Cc1ccc2nc(C(=O)Nc3cc(NC(=O)[N-]c4c[n+](Cc5ccccn5)no4)cc(C(F)(F)F)c3)cn2c1. The highest BCUT2D eigenvalue weighted by atomic mass is 19.4. The smallest absolute Gasteiger partial charge is 0.416 e. The lowest BCUT2D eigenvalue weighted by Gasteiger charge is -2.17. The zero-order valence-electron chi connectivity index (χ0n) is 20.1. The van der Waals surface area contributed by atoms with Gasteiger partial charge in [0.2, 0.25) is 18.6 Å². The Hall–Kier alpha value is -5.78. The number of fused-ring (bicyclic) bond motifs is 1. The first-order valence-corrected chi connectivity index (χ1v) is 11.4. The van der Waals surface area contributed by atoms with Gasteiger partial charge in [-0.25, -0.2) is 4.98 Å². The maximum Gasteiger partial charge on any atom is 0.416 e. The van der Waals surface area contributed by atoms with Crippen LogP contribution in [0, 0.1) is 11.3 Å². The quantitative estimate of drug-likeness (QED) is 0.298. The van der Waals surface area contributed by atoms with Crippen molar-refractivity contribution in [1.82, 2.24) is 19.6 Å². The molecule has 12 nitrogen and oxygen atoms in total. The minimum absolute atomic E-state index is 0.0996. The number of alkyl halides is 3. The summed E-state index contributed by atoms with van der Waals surface area (Å²) in [6.07, 6.45) is 0.924. The number of anilines is 2. The van der Waals surface area contributed by atoms with Crippen molar-refractivity contribution in [3.63, 3.8) is 0 Å². The second-order valence-corrected chi connectivity index (χ2v) is 8.27. The third-order valence-electron chi connectivity index (χ3n) is 5.34. The average molecular weight is 547 g/mol. The highest BCUT2D eigenvalue weighted by molar-refractivity contribution is 6.05. The molecule has 1 aromatic carbocycles. The Labute approximate surface area is 222 Å². The summed E-state index contributed by atoms with van der Waals surface area (Å²) in [4.78, 5) is 33.4. The Morgan fingerprint density at radius 3 is 2.62 bits per heavy atom. The van der Waals surface area contributed by atoms with Crippen LogP contribution in [0.4, 0.5) is 35.2 Å². The summed E-state index contributed by atoms with van der Waals surface area (Å²) in [6, 6.07) is 11.8. The largest absolute Gasteiger partial charge is 0.424 e. The summed E-state index contributed by atoms with van der Waals surface area (Å²) in [6.45, 7) is 0.240. The molecule has 0 spiro atoms. The van der Waals surface area contributed by atoms with Gasteiger partial charge in [-0.2, -0.15) is 18.4 Å². The van der Waals surface area contributed by atoms with E-state index in [-0.39, 0.29) is 29.5 Å². The number of carbonyl (C=O) groups excluding carboxylic acids is 2. The van der Waals surface area contributed by atoms with Gasteiger partial charge in [0, 0.05) is 24.3 Å². The summed E-state index contributed by atoms with van der Waals surface area (Å²) in [7, 11) is 0. The molecular formula is C25H16F3N9O3. The molecule has 0 fully saturated rings. The van der Waals surface area contributed by atoms with Crippen LogP contribution in [0.1, 0.15) is 27.3 Å². The molecule has 0 aliphatic rings. The predicted molar refractivity (Wildman–Crippen MR) is 131 cm³/mol. The minimum Gasteiger partial charge on any atom is -0.424 e. The first kappa shape index (κ1) is 25.9. The van der Waals surface area contributed by atoms with Crippen LogP contribution in [-0.4, -0.2) is 31.6 Å². The van der Waals surface area contributed by atoms with Crippen molar-refractivity contribution in [2.45, 2.75) is 12.7 Å². The molecule has 4 heterocycles. The number of pyridine rings is 2. The van der Waals surface area contributed by atoms with Crippen LogP contribution in [0.25, 0.3) is 11.0 Å². The fourth-order valence-corrected chi connectivity index (χ4v) is 3.60. The first-order chi connectivity index (χ1) is 19.2. The molecule has 0 saturated carbocycles. The second kappa shape index (κ2) is 10.5. The summed E-state index contributed by atoms with van der Waals surface area (Å²) in [5.41, 5.74) is -0.401. The Morgan fingerprint density at radius 1 is 1.10 bits per heavy atom. The van der Waals surface area contributed by atoms with E-state index in [4.69, 9.17) is 9.78 Å². The zero-order chi connectivity index (χ0) is 28.3. The van der Waals surface area contributed by atoms with Crippen LogP contribution < -0.4 is 15.3 Å². The Morgan fingerprint density at radius 2 is 1.90 bits per heavy atom. The summed E-state index contributed by atoms with van der Waals surface area (Å²) < 4.78 is 48.5. The minimum atomic E-state index is -4.78. The molecule has 0 bridgehead atoms. The van der Waals surface area contributed by atoms with Gasteiger partial charge in [0.05, 0.1) is 11.1 Å². The van der Waals surface area contributed by atoms with Gasteiger partial charge in [0.15, 0.2) is 11.3 Å². The van der Waals surface area contributed by atoms with Gasteiger partial charge in [0.25, 0.3) is 5.91 Å².